The molecule has 1 saturated heterocycles. The Hall–Kier alpha value is -1.55. The molecular weight excluding hydrogens is 572 g/mol. The highest BCUT2D eigenvalue weighted by atomic mass is 16.7. The zero-order valence-electron chi connectivity index (χ0n) is 24.6. The van der Waals surface area contributed by atoms with E-state index in [1.807, 2.05) is 0 Å². The summed E-state index contributed by atoms with van der Waals surface area (Å²) >= 11 is 0. The fraction of sp³-hybridized carbons (Fsp3) is 0.885. The molecule has 0 unspecified atom stereocenters. The van der Waals surface area contributed by atoms with Crippen molar-refractivity contribution in [3.8, 4) is 0 Å². The average molecular weight is 623 g/mol. The summed E-state index contributed by atoms with van der Waals surface area (Å²) in [5, 5.41) is 70.3. The normalized spacial score (nSPS) is 39.8. The Kier molecular flexibility index (Phi) is 13.5. The lowest BCUT2D eigenvalue weighted by molar-refractivity contribution is -0.304. The minimum absolute atomic E-state index is 0.00831. The van der Waals surface area contributed by atoms with Crippen molar-refractivity contribution in [3.63, 3.8) is 0 Å². The molecule has 43 heavy (non-hydrogen) atoms. The van der Waals surface area contributed by atoms with Gasteiger partial charge in [0.25, 0.3) is 0 Å². The van der Waals surface area contributed by atoms with Gasteiger partial charge in [-0.15, -0.1) is 0 Å². The second-order valence-corrected chi connectivity index (χ2v) is 11.6. The number of carbonyl (C=O) groups is 1. The van der Waals surface area contributed by atoms with E-state index in [-0.39, 0.29) is 39.1 Å². The molecular formula is C26H50N6O11. The van der Waals surface area contributed by atoms with Gasteiger partial charge in [0.2, 0.25) is 12.2 Å². The van der Waals surface area contributed by atoms with Crippen molar-refractivity contribution in [3.05, 3.63) is 11.8 Å². The first-order valence-corrected chi connectivity index (χ1v) is 14.6. The van der Waals surface area contributed by atoms with E-state index in [4.69, 9.17) is 41.3 Å². The van der Waals surface area contributed by atoms with Crippen molar-refractivity contribution in [2.24, 2.45) is 17.2 Å². The van der Waals surface area contributed by atoms with E-state index < -0.39 is 91.5 Å². The predicted octanol–water partition coefficient (Wildman–Crippen LogP) is -6.00. The fourth-order valence-corrected chi connectivity index (χ4v) is 5.51. The molecule has 1 amide bonds. The lowest BCUT2D eigenvalue weighted by atomic mass is 9.83. The van der Waals surface area contributed by atoms with E-state index >= 15 is 0 Å². The molecule has 0 spiro atoms. The molecule has 13 atom stereocenters. The third-order valence-corrected chi connectivity index (χ3v) is 7.94. The first kappa shape index (κ1) is 35.9. The van der Waals surface area contributed by atoms with Crippen molar-refractivity contribution < 1.29 is 54.4 Å². The minimum atomic E-state index is -1.49. The molecule has 3 aliphatic rings. The molecule has 0 bridgehead atoms. The van der Waals surface area contributed by atoms with Crippen LogP contribution in [0.3, 0.4) is 0 Å². The number of likely N-dealkylation sites (N-methyl/N-ethyl adjacent to an activating group) is 1. The van der Waals surface area contributed by atoms with E-state index in [0.717, 1.165) is 0 Å². The molecule has 15 N–H and O–H groups in total. The molecule has 250 valence electrons. The molecule has 3 rings (SSSR count). The van der Waals surface area contributed by atoms with E-state index in [9.17, 15) is 30.3 Å². The summed E-state index contributed by atoms with van der Waals surface area (Å²) in [5.74, 6) is -0.262. The van der Waals surface area contributed by atoms with Crippen LogP contribution in [0.5, 0.6) is 0 Å². The summed E-state index contributed by atoms with van der Waals surface area (Å²) in [5.41, 5.74) is 16.7. The van der Waals surface area contributed by atoms with Crippen LogP contribution in [0.4, 0.5) is 0 Å². The summed E-state index contributed by atoms with van der Waals surface area (Å²) in [7, 11) is 1.56. The van der Waals surface area contributed by atoms with E-state index in [1.54, 1.807) is 13.1 Å². The Balaban J connectivity index is 1.76. The number of ether oxygens (including phenoxy) is 4. The van der Waals surface area contributed by atoms with Crippen LogP contribution in [0.1, 0.15) is 26.2 Å². The van der Waals surface area contributed by atoms with Gasteiger partial charge in [-0.05, 0) is 45.9 Å². The van der Waals surface area contributed by atoms with Gasteiger partial charge >= 0.3 is 0 Å². The van der Waals surface area contributed by atoms with E-state index in [2.05, 4.69) is 16.0 Å². The maximum atomic E-state index is 12.7. The molecule has 2 fully saturated rings. The largest absolute Gasteiger partial charge is 0.467 e. The van der Waals surface area contributed by atoms with Gasteiger partial charge in [-0.25, -0.2) is 0 Å². The number of aliphatic hydroxyl groups is 6. The SMILES string of the molecule is CN[C@@H]1[C@@H](O)[C@@H](O[C@@H]2[C@@H](O)[C@H](O[C@H]3OC(CNC[C@@H](O)CO)=CC[C@H]3N)[C@@H](N)C[C@H]2NC(=O)[C@@H](O)CCN)OC[C@]1(C)O. The van der Waals surface area contributed by atoms with Crippen molar-refractivity contribution in [1.29, 1.82) is 0 Å². The molecule has 0 aromatic rings. The topological polar surface area (TPSA) is 290 Å². The molecule has 2 heterocycles. The van der Waals surface area contributed by atoms with Crippen LogP contribution in [0, 0.1) is 0 Å². The molecule has 1 saturated carbocycles. The molecule has 0 aromatic carbocycles. The van der Waals surface area contributed by atoms with Gasteiger partial charge in [-0.2, -0.15) is 0 Å². The highest BCUT2D eigenvalue weighted by Gasteiger charge is 2.51. The van der Waals surface area contributed by atoms with Crippen molar-refractivity contribution in [2.45, 2.75) is 105 Å². The van der Waals surface area contributed by atoms with Gasteiger partial charge in [-0.3, -0.25) is 4.79 Å². The van der Waals surface area contributed by atoms with Crippen LogP contribution in [0.15, 0.2) is 11.8 Å². The predicted molar refractivity (Wildman–Crippen MR) is 151 cm³/mol. The van der Waals surface area contributed by atoms with Gasteiger partial charge in [0.15, 0.2) is 6.29 Å². The fourth-order valence-electron chi connectivity index (χ4n) is 5.51. The maximum absolute atomic E-state index is 12.7. The smallest absolute Gasteiger partial charge is 0.249 e. The number of carbonyl (C=O) groups excluding carboxylic acids is 1. The summed E-state index contributed by atoms with van der Waals surface area (Å²) in [6, 6.07) is -3.24. The number of nitrogens with two attached hydrogens (primary N) is 3. The summed E-state index contributed by atoms with van der Waals surface area (Å²) in [6.07, 6.45) is -7.68. The zero-order chi connectivity index (χ0) is 31.9. The molecule has 17 nitrogen and oxygen atoms in total. The van der Waals surface area contributed by atoms with Crippen LogP contribution in [0.25, 0.3) is 0 Å². The Labute approximate surface area is 250 Å². The van der Waals surface area contributed by atoms with Crippen LogP contribution < -0.4 is 33.2 Å². The Bertz CT molecular complexity index is 917. The van der Waals surface area contributed by atoms with Crippen molar-refractivity contribution >= 4 is 5.91 Å². The number of aliphatic hydroxyl groups excluding tert-OH is 5. The number of hydrogen-bond acceptors (Lipinski definition) is 16. The third-order valence-electron chi connectivity index (χ3n) is 7.94. The molecule has 17 heteroatoms. The van der Waals surface area contributed by atoms with Crippen LogP contribution >= 0.6 is 0 Å². The van der Waals surface area contributed by atoms with Crippen LogP contribution in [0.2, 0.25) is 0 Å². The lowest BCUT2D eigenvalue weighted by Crippen LogP contribution is -2.69. The van der Waals surface area contributed by atoms with Gasteiger partial charge < -0.3 is 82.7 Å². The summed E-state index contributed by atoms with van der Waals surface area (Å²) in [6.45, 7) is 1.33. The zero-order valence-corrected chi connectivity index (χ0v) is 24.6. The van der Waals surface area contributed by atoms with Gasteiger partial charge in [0.05, 0.1) is 44.0 Å². The first-order chi connectivity index (χ1) is 20.3. The van der Waals surface area contributed by atoms with E-state index in [1.165, 1.54) is 6.92 Å². The highest BCUT2D eigenvalue weighted by Crippen LogP contribution is 2.32. The third kappa shape index (κ3) is 9.24. The summed E-state index contributed by atoms with van der Waals surface area (Å²) in [4.78, 5) is 12.7. The van der Waals surface area contributed by atoms with E-state index in [0.29, 0.717) is 12.2 Å². The van der Waals surface area contributed by atoms with Crippen LogP contribution in [-0.4, -0.2) is 155 Å². The standard InChI is InChI=1S/C26H50N6O11/c1-26(39)11-40-25(19(37)22(26)30-2)43-21-16(32-23(38)17(35)5-6-27)7-15(29)20(18(21)36)42-24-14(28)4-3-13(41-24)9-31-8-12(34)10-33/h3,12,14-22,24-25,30-31,33-37,39H,4-11,27-29H2,1-2H3,(H,32,38)/t12-,14-,15+,16-,17+,18+,19-,20-,21+,22-,24-,25-,26+/m1/s1. The first-order valence-electron chi connectivity index (χ1n) is 14.6. The molecule has 1 aliphatic carbocycles. The van der Waals surface area contributed by atoms with Crippen LogP contribution in [-0.2, 0) is 23.7 Å². The second kappa shape index (κ2) is 16.1. The molecule has 0 radical (unpaired) electrons. The maximum Gasteiger partial charge on any atom is 0.249 e. The second-order valence-electron chi connectivity index (χ2n) is 11.6. The number of amides is 1. The average Bonchev–Trinajstić information content (AvgIpc) is 2.95. The number of hydrogen-bond donors (Lipinski definition) is 12. The Morgan fingerprint density at radius 1 is 1.16 bits per heavy atom. The molecule has 0 aromatic heterocycles. The lowest BCUT2D eigenvalue weighted by Gasteiger charge is -2.48. The van der Waals surface area contributed by atoms with Crippen molar-refractivity contribution in [2.75, 3.05) is 39.9 Å². The molecule has 2 aliphatic heterocycles. The Morgan fingerprint density at radius 2 is 1.86 bits per heavy atom. The Morgan fingerprint density at radius 3 is 2.51 bits per heavy atom. The minimum Gasteiger partial charge on any atom is -0.467 e. The number of nitrogens with one attached hydrogen (secondary N) is 3. The van der Waals surface area contributed by atoms with Crippen molar-refractivity contribution in [1.82, 2.24) is 16.0 Å². The highest BCUT2D eigenvalue weighted by molar-refractivity contribution is 5.80. The van der Waals surface area contributed by atoms with Gasteiger partial charge in [0, 0.05) is 12.6 Å². The monoisotopic (exact) mass is 622 g/mol. The van der Waals surface area contributed by atoms with Gasteiger partial charge in [-0.1, -0.05) is 0 Å². The quantitative estimate of drug-likeness (QED) is 0.0858. The van der Waals surface area contributed by atoms with Gasteiger partial charge in [0.1, 0.15) is 41.9 Å². The number of rotatable bonds is 14. The summed E-state index contributed by atoms with van der Waals surface area (Å²) < 4.78 is 23.7.